The normalized spacial score (nSPS) is 12.4. The van der Waals surface area contributed by atoms with Gasteiger partial charge in [-0.1, -0.05) is 483 Å². The summed E-state index contributed by atoms with van der Waals surface area (Å²) in [6, 6.07) is 0. The number of carbonyl (C=O) groups is 3. The Morgan fingerprint density at radius 1 is 0.260 bits per heavy atom. The summed E-state index contributed by atoms with van der Waals surface area (Å²) in [5, 5.41) is 11.9. The van der Waals surface area contributed by atoms with Crippen LogP contribution in [0.15, 0.2) is 0 Å². The molecule has 100 heavy (non-hydrogen) atoms. The molecule has 0 N–H and O–H groups in total. The Hall–Kier alpha value is -1.71. The first kappa shape index (κ1) is 98.3. The zero-order valence-corrected chi connectivity index (χ0v) is 68.6. The van der Waals surface area contributed by atoms with Crippen LogP contribution in [0.25, 0.3) is 0 Å². The van der Waals surface area contributed by atoms with Gasteiger partial charge < -0.3 is 33.3 Å². The van der Waals surface area contributed by atoms with E-state index in [-0.39, 0.29) is 32.2 Å². The number of aliphatic carboxylic acids is 1. The molecule has 0 radical (unpaired) electrons. The second-order valence-corrected chi connectivity index (χ2v) is 33.0. The second-order valence-electron chi connectivity index (χ2n) is 33.0. The largest absolute Gasteiger partial charge is 0.545 e. The van der Waals surface area contributed by atoms with E-state index < -0.39 is 24.3 Å². The van der Waals surface area contributed by atoms with Gasteiger partial charge in [-0.2, -0.15) is 0 Å². The maximum Gasteiger partial charge on any atom is 0.306 e. The van der Waals surface area contributed by atoms with E-state index >= 15 is 0 Å². The van der Waals surface area contributed by atoms with Gasteiger partial charge in [-0.25, -0.2) is 0 Å². The first-order valence-electron chi connectivity index (χ1n) is 45.7. The summed E-state index contributed by atoms with van der Waals surface area (Å²) in [5.41, 5.74) is 0. The molecular formula is C91H179NO8. The monoisotopic (exact) mass is 1410 g/mol. The van der Waals surface area contributed by atoms with Crippen LogP contribution < -0.4 is 5.11 Å². The molecule has 9 heteroatoms. The third kappa shape index (κ3) is 83.6. The maximum atomic E-state index is 13.0. The Morgan fingerprint density at radius 2 is 0.450 bits per heavy atom. The van der Waals surface area contributed by atoms with Crippen LogP contribution in [0.5, 0.6) is 0 Å². The average Bonchev–Trinajstić information content (AvgIpc) is 1.08. The van der Waals surface area contributed by atoms with Crippen LogP contribution in [0.4, 0.5) is 0 Å². The van der Waals surface area contributed by atoms with Gasteiger partial charge in [0.15, 0.2) is 12.4 Å². The molecule has 596 valence electrons. The molecule has 2 atom stereocenters. The number of hydrogen-bond acceptors (Lipinski definition) is 8. The van der Waals surface area contributed by atoms with Crippen molar-refractivity contribution in [2.75, 3.05) is 47.5 Å². The van der Waals surface area contributed by atoms with Crippen molar-refractivity contribution in [3.8, 4) is 0 Å². The van der Waals surface area contributed by atoms with Crippen molar-refractivity contribution in [2.24, 2.45) is 0 Å². The van der Waals surface area contributed by atoms with Crippen LogP contribution in [-0.4, -0.2) is 82.3 Å². The van der Waals surface area contributed by atoms with Gasteiger partial charge in [0, 0.05) is 12.8 Å². The van der Waals surface area contributed by atoms with Gasteiger partial charge in [-0.3, -0.25) is 9.59 Å². The van der Waals surface area contributed by atoms with Crippen molar-refractivity contribution in [3.63, 3.8) is 0 Å². The van der Waals surface area contributed by atoms with Gasteiger partial charge in [-0.15, -0.1) is 0 Å². The SMILES string of the molecule is CCCCCCCCCCCCCCCCCCCCCCCCCCCCCCCCCCCCCCCCCCCC(=O)OC(COC(=O)CCCCCCCCCCCCCCCCCCCCCCCCCCCCCCCCCCCC)COC(OCC[N+](C)(C)C)C(=O)[O-]. The number of ether oxygens (including phenoxy) is 4. The van der Waals surface area contributed by atoms with Crippen LogP contribution in [0.3, 0.4) is 0 Å². The highest BCUT2D eigenvalue weighted by molar-refractivity contribution is 5.70. The Kier molecular flexibility index (Phi) is 81.5. The third-order valence-corrected chi connectivity index (χ3v) is 21.6. The highest BCUT2D eigenvalue weighted by Crippen LogP contribution is 2.22. The number of likely N-dealkylation sites (N-methyl/N-ethyl adjacent to an activating group) is 1. The summed E-state index contributed by atoms with van der Waals surface area (Å²) in [5.74, 6) is -2.23. The fraction of sp³-hybridized carbons (Fsp3) is 0.967. The van der Waals surface area contributed by atoms with Crippen molar-refractivity contribution >= 4 is 17.9 Å². The Labute approximate surface area is 625 Å². The number of carboxylic acid groups (broad SMARTS) is 1. The Bertz CT molecular complexity index is 1600. The molecule has 0 bridgehead atoms. The smallest absolute Gasteiger partial charge is 0.306 e. The van der Waals surface area contributed by atoms with E-state index in [0.29, 0.717) is 17.4 Å². The molecule has 0 aromatic rings. The minimum absolute atomic E-state index is 0.154. The van der Waals surface area contributed by atoms with Gasteiger partial charge in [0.05, 0.1) is 40.3 Å². The summed E-state index contributed by atoms with van der Waals surface area (Å²) in [6.07, 6.45) is 102. The highest BCUT2D eigenvalue weighted by atomic mass is 16.7. The van der Waals surface area contributed by atoms with E-state index in [2.05, 4.69) is 13.8 Å². The van der Waals surface area contributed by atoms with Crippen molar-refractivity contribution in [2.45, 2.75) is 521 Å². The lowest BCUT2D eigenvalue weighted by molar-refractivity contribution is -0.870. The number of rotatable bonds is 88. The van der Waals surface area contributed by atoms with Gasteiger partial charge in [0.25, 0.3) is 0 Å². The highest BCUT2D eigenvalue weighted by Gasteiger charge is 2.22. The molecule has 0 spiro atoms. The zero-order chi connectivity index (χ0) is 72.5. The van der Waals surface area contributed by atoms with Crippen LogP contribution in [0, 0.1) is 0 Å². The minimum Gasteiger partial charge on any atom is -0.545 e. The van der Waals surface area contributed by atoms with Crippen LogP contribution in [-0.2, 0) is 33.3 Å². The molecular weight excluding hydrogens is 1230 g/mol. The number of carboxylic acids is 1. The second kappa shape index (κ2) is 82.9. The Balaban J connectivity index is 3.86. The first-order chi connectivity index (χ1) is 49.1. The summed E-state index contributed by atoms with van der Waals surface area (Å²) in [7, 11) is 5.96. The van der Waals surface area contributed by atoms with Crippen molar-refractivity contribution < 1.29 is 42.9 Å². The van der Waals surface area contributed by atoms with E-state index in [9.17, 15) is 19.5 Å². The van der Waals surface area contributed by atoms with E-state index in [4.69, 9.17) is 18.9 Å². The summed E-state index contributed by atoms with van der Waals surface area (Å²) >= 11 is 0. The van der Waals surface area contributed by atoms with Crippen molar-refractivity contribution in [3.05, 3.63) is 0 Å². The van der Waals surface area contributed by atoms with Crippen LogP contribution in [0.1, 0.15) is 508 Å². The van der Waals surface area contributed by atoms with Crippen LogP contribution >= 0.6 is 0 Å². The summed E-state index contributed by atoms with van der Waals surface area (Å²) < 4.78 is 22.9. The van der Waals surface area contributed by atoms with Gasteiger partial charge in [0.2, 0.25) is 0 Å². The zero-order valence-electron chi connectivity index (χ0n) is 68.6. The Morgan fingerprint density at radius 3 is 0.640 bits per heavy atom. The third-order valence-electron chi connectivity index (χ3n) is 21.6. The van der Waals surface area contributed by atoms with E-state index in [0.717, 1.165) is 38.5 Å². The molecule has 0 fully saturated rings. The quantitative estimate of drug-likeness (QED) is 0.0256. The molecule has 0 aromatic heterocycles. The average molecular weight is 1420 g/mol. The van der Waals surface area contributed by atoms with E-state index in [1.165, 1.54) is 443 Å². The summed E-state index contributed by atoms with van der Waals surface area (Å²) in [6.45, 7) is 4.87. The minimum atomic E-state index is -1.62. The topological polar surface area (TPSA) is 111 Å². The molecule has 2 unspecified atom stereocenters. The van der Waals surface area contributed by atoms with Gasteiger partial charge >= 0.3 is 11.9 Å². The fourth-order valence-corrected chi connectivity index (χ4v) is 14.7. The molecule has 0 amide bonds. The van der Waals surface area contributed by atoms with Gasteiger partial charge in [0.1, 0.15) is 13.2 Å². The van der Waals surface area contributed by atoms with Gasteiger partial charge in [-0.05, 0) is 12.8 Å². The predicted octanol–water partition coefficient (Wildman–Crippen LogP) is 28.3. The molecule has 0 aliphatic carbocycles. The van der Waals surface area contributed by atoms with E-state index in [1.54, 1.807) is 0 Å². The van der Waals surface area contributed by atoms with E-state index in [1.807, 2.05) is 21.1 Å². The molecule has 0 saturated heterocycles. The molecule has 0 rings (SSSR count). The number of unbranched alkanes of at least 4 members (excludes halogenated alkanes) is 73. The maximum absolute atomic E-state index is 13.0. The molecule has 0 heterocycles. The molecule has 0 aliphatic rings. The number of esters is 2. The lowest BCUT2D eigenvalue weighted by Crippen LogP contribution is -2.44. The lowest BCUT2D eigenvalue weighted by Gasteiger charge is -2.26. The first-order valence-corrected chi connectivity index (χ1v) is 45.7. The van der Waals surface area contributed by atoms with Crippen molar-refractivity contribution in [1.29, 1.82) is 0 Å². The molecule has 9 nitrogen and oxygen atoms in total. The lowest BCUT2D eigenvalue weighted by atomic mass is 10.0. The molecule has 0 aromatic carbocycles. The number of nitrogens with zero attached hydrogens (tertiary/aromatic N) is 1. The number of quaternary nitrogens is 1. The molecule has 0 saturated carbocycles. The fourth-order valence-electron chi connectivity index (χ4n) is 14.7. The number of carbonyl (C=O) groups excluding carboxylic acids is 3. The number of hydrogen-bond donors (Lipinski definition) is 0. The summed E-state index contributed by atoms with van der Waals surface area (Å²) in [4.78, 5) is 37.7. The predicted molar refractivity (Wildman–Crippen MR) is 431 cm³/mol. The van der Waals surface area contributed by atoms with Crippen LogP contribution in [0.2, 0.25) is 0 Å². The standard InChI is InChI=1S/C91H179NO8/c1-6-8-10-12-14-16-18-20-22-24-26-28-30-32-34-36-38-40-42-43-44-45-46-47-48-50-52-54-56-58-60-62-64-66-68-70-72-74-76-78-80-82-89(94)100-87(86-99-91(90(95)96)97-84-83-92(3,4)5)85-98-88(93)81-79-77-75-73-71-69-67-65-63-61-59-57-55-53-51-49-41-39-37-35-33-31-29-27-25-23-21-19-17-15-13-11-9-7-2/h87,91H,6-86H2,1-5H3. The molecule has 0 aliphatic heterocycles. The van der Waals surface area contributed by atoms with Crippen molar-refractivity contribution in [1.82, 2.24) is 0 Å².